The molecule has 1 amide bonds. The molecular formula is C16H22BrFN2O4S. The Morgan fingerprint density at radius 3 is 2.80 bits per heavy atom. The van der Waals surface area contributed by atoms with E-state index in [1.165, 1.54) is 6.07 Å². The largest absolute Gasteiger partial charge is 0.450 e. The molecule has 1 aliphatic heterocycles. The molecule has 0 aliphatic carbocycles. The van der Waals surface area contributed by atoms with Crippen LogP contribution in [0.1, 0.15) is 25.3 Å². The number of carbonyl (C=O) groups excluding carboxylic acids is 1. The standard InChI is InChI=1S/C16H22BrFN2O4S/c1-3-24-16(21)20-8-4-5-14(19-25(2,22)23)15(20)10-11-6-7-13(18)12(17)9-11/h6-7,9,14-15,19H,3-5,8,10H2,1-2H3. The van der Waals surface area contributed by atoms with E-state index >= 15 is 0 Å². The Morgan fingerprint density at radius 2 is 2.20 bits per heavy atom. The van der Waals surface area contributed by atoms with Crippen LogP contribution in [0.5, 0.6) is 0 Å². The van der Waals surface area contributed by atoms with E-state index in [1.54, 1.807) is 24.0 Å². The van der Waals surface area contributed by atoms with Gasteiger partial charge in [-0.1, -0.05) is 6.07 Å². The summed E-state index contributed by atoms with van der Waals surface area (Å²) in [7, 11) is -3.42. The maximum atomic E-state index is 13.5. The fourth-order valence-corrected chi connectivity index (χ4v) is 4.31. The van der Waals surface area contributed by atoms with Gasteiger partial charge in [0.2, 0.25) is 10.0 Å². The Kier molecular flexibility index (Phi) is 6.81. The summed E-state index contributed by atoms with van der Waals surface area (Å²) < 4.78 is 44.9. The molecule has 1 aromatic rings. The summed E-state index contributed by atoms with van der Waals surface area (Å²) >= 11 is 3.15. The lowest BCUT2D eigenvalue weighted by Crippen LogP contribution is -2.57. The van der Waals surface area contributed by atoms with E-state index in [0.29, 0.717) is 30.3 Å². The Morgan fingerprint density at radius 1 is 1.48 bits per heavy atom. The summed E-state index contributed by atoms with van der Waals surface area (Å²) in [6, 6.07) is 3.80. The number of amides is 1. The summed E-state index contributed by atoms with van der Waals surface area (Å²) in [5.74, 6) is -0.375. The zero-order valence-corrected chi connectivity index (χ0v) is 16.6. The topological polar surface area (TPSA) is 75.7 Å². The van der Waals surface area contributed by atoms with Gasteiger partial charge in [-0.25, -0.2) is 22.3 Å². The van der Waals surface area contributed by atoms with Gasteiger partial charge in [-0.3, -0.25) is 0 Å². The van der Waals surface area contributed by atoms with Crippen LogP contribution >= 0.6 is 15.9 Å². The van der Waals surface area contributed by atoms with Crippen molar-refractivity contribution in [3.63, 3.8) is 0 Å². The molecule has 1 aromatic carbocycles. The van der Waals surface area contributed by atoms with Crippen LogP contribution in [0.15, 0.2) is 22.7 Å². The van der Waals surface area contributed by atoms with Crippen LogP contribution in [-0.4, -0.2) is 50.9 Å². The van der Waals surface area contributed by atoms with Gasteiger partial charge in [-0.15, -0.1) is 0 Å². The molecule has 2 rings (SSSR count). The fraction of sp³-hybridized carbons (Fsp3) is 0.562. The van der Waals surface area contributed by atoms with Crippen molar-refractivity contribution in [2.75, 3.05) is 19.4 Å². The zero-order chi connectivity index (χ0) is 18.6. The molecule has 1 aliphatic rings. The summed E-state index contributed by atoms with van der Waals surface area (Å²) in [4.78, 5) is 13.9. The maximum absolute atomic E-state index is 13.5. The fourth-order valence-electron chi connectivity index (χ4n) is 3.06. The number of piperidine rings is 1. The smallest absolute Gasteiger partial charge is 0.410 e. The van der Waals surface area contributed by atoms with Crippen molar-refractivity contribution in [2.45, 2.75) is 38.3 Å². The minimum atomic E-state index is -3.42. The summed E-state index contributed by atoms with van der Waals surface area (Å²) in [6.07, 6.45) is 2.33. The van der Waals surface area contributed by atoms with Gasteiger partial charge in [0.15, 0.2) is 0 Å². The number of likely N-dealkylation sites (tertiary alicyclic amines) is 1. The van der Waals surface area contributed by atoms with Gasteiger partial charge in [-0.2, -0.15) is 0 Å². The molecule has 9 heteroatoms. The first-order valence-electron chi connectivity index (χ1n) is 8.06. The van der Waals surface area contributed by atoms with E-state index in [9.17, 15) is 17.6 Å². The number of ether oxygens (including phenoxy) is 1. The number of benzene rings is 1. The Bertz CT molecular complexity index is 729. The lowest BCUT2D eigenvalue weighted by atomic mass is 9.92. The third kappa shape index (κ3) is 5.65. The van der Waals surface area contributed by atoms with Gasteiger partial charge in [0.25, 0.3) is 0 Å². The first-order valence-corrected chi connectivity index (χ1v) is 10.7. The first-order chi connectivity index (χ1) is 11.7. The van der Waals surface area contributed by atoms with Crippen molar-refractivity contribution in [3.05, 3.63) is 34.1 Å². The van der Waals surface area contributed by atoms with Crippen molar-refractivity contribution < 1.29 is 22.3 Å². The number of nitrogens with one attached hydrogen (secondary N) is 1. The second-order valence-corrected chi connectivity index (χ2v) is 8.69. The molecule has 25 heavy (non-hydrogen) atoms. The molecule has 0 bridgehead atoms. The van der Waals surface area contributed by atoms with E-state index in [-0.39, 0.29) is 12.4 Å². The molecule has 140 valence electrons. The van der Waals surface area contributed by atoms with Crippen LogP contribution < -0.4 is 4.72 Å². The third-order valence-electron chi connectivity index (χ3n) is 4.08. The molecule has 1 fully saturated rings. The number of hydrogen-bond donors (Lipinski definition) is 1. The molecule has 1 N–H and O–H groups in total. The monoisotopic (exact) mass is 436 g/mol. The van der Waals surface area contributed by atoms with Crippen LogP contribution in [0, 0.1) is 5.82 Å². The highest BCUT2D eigenvalue weighted by Gasteiger charge is 2.36. The minimum absolute atomic E-state index is 0.244. The van der Waals surface area contributed by atoms with E-state index in [2.05, 4.69) is 20.7 Å². The Hall–Kier alpha value is -1.19. The van der Waals surface area contributed by atoms with Crippen molar-refractivity contribution in [2.24, 2.45) is 0 Å². The highest BCUT2D eigenvalue weighted by atomic mass is 79.9. The van der Waals surface area contributed by atoms with E-state index in [0.717, 1.165) is 11.8 Å². The SMILES string of the molecule is CCOC(=O)N1CCCC(NS(C)(=O)=O)C1Cc1ccc(F)c(Br)c1. The molecular weight excluding hydrogens is 415 g/mol. The molecule has 0 spiro atoms. The predicted octanol–water partition coefficient (Wildman–Crippen LogP) is 2.67. The second kappa shape index (κ2) is 8.46. The van der Waals surface area contributed by atoms with Crippen LogP contribution in [0.4, 0.5) is 9.18 Å². The number of carbonyl (C=O) groups is 1. The van der Waals surface area contributed by atoms with Crippen molar-refractivity contribution in [1.29, 1.82) is 0 Å². The highest BCUT2D eigenvalue weighted by Crippen LogP contribution is 2.25. The lowest BCUT2D eigenvalue weighted by Gasteiger charge is -2.40. The normalized spacial score (nSPS) is 21.2. The molecule has 0 aromatic heterocycles. The Labute approximate surface area is 155 Å². The van der Waals surface area contributed by atoms with Gasteiger partial charge in [0, 0.05) is 12.6 Å². The number of rotatable bonds is 5. The van der Waals surface area contributed by atoms with Gasteiger partial charge in [0.05, 0.1) is 23.4 Å². The molecule has 1 saturated heterocycles. The van der Waals surface area contributed by atoms with E-state index < -0.39 is 28.2 Å². The average Bonchev–Trinajstić information content (AvgIpc) is 2.51. The van der Waals surface area contributed by atoms with Crippen molar-refractivity contribution in [1.82, 2.24) is 9.62 Å². The third-order valence-corrected chi connectivity index (χ3v) is 5.41. The number of hydrogen-bond acceptors (Lipinski definition) is 4. The van der Waals surface area contributed by atoms with Gasteiger partial charge in [-0.05, 0) is 59.8 Å². The van der Waals surface area contributed by atoms with Crippen LogP contribution in [0.25, 0.3) is 0 Å². The number of nitrogens with zero attached hydrogens (tertiary/aromatic N) is 1. The molecule has 2 unspecified atom stereocenters. The number of sulfonamides is 1. The minimum Gasteiger partial charge on any atom is -0.450 e. The summed E-state index contributed by atoms with van der Waals surface area (Å²) in [6.45, 7) is 2.46. The van der Waals surface area contributed by atoms with Crippen molar-refractivity contribution >= 4 is 32.0 Å². The first kappa shape index (κ1) is 20.1. The van der Waals surface area contributed by atoms with Crippen molar-refractivity contribution in [3.8, 4) is 0 Å². The Balaban J connectivity index is 2.29. The van der Waals surface area contributed by atoms with E-state index in [4.69, 9.17) is 4.74 Å². The molecule has 2 atom stereocenters. The molecule has 6 nitrogen and oxygen atoms in total. The summed E-state index contributed by atoms with van der Waals surface area (Å²) in [5.41, 5.74) is 0.801. The van der Waals surface area contributed by atoms with Gasteiger partial charge >= 0.3 is 6.09 Å². The molecule has 1 heterocycles. The van der Waals surface area contributed by atoms with Crippen LogP contribution in [0.3, 0.4) is 0 Å². The van der Waals surface area contributed by atoms with E-state index in [1.807, 2.05) is 0 Å². The van der Waals surface area contributed by atoms with Gasteiger partial charge < -0.3 is 9.64 Å². The summed E-state index contributed by atoms with van der Waals surface area (Å²) in [5, 5.41) is 0. The average molecular weight is 437 g/mol. The quantitative estimate of drug-likeness (QED) is 0.769. The molecule has 0 radical (unpaired) electrons. The zero-order valence-electron chi connectivity index (χ0n) is 14.2. The predicted molar refractivity (Wildman–Crippen MR) is 96.3 cm³/mol. The maximum Gasteiger partial charge on any atom is 0.410 e. The lowest BCUT2D eigenvalue weighted by molar-refractivity contribution is 0.0678. The number of halogens is 2. The van der Waals surface area contributed by atoms with Crippen LogP contribution in [0.2, 0.25) is 0 Å². The second-order valence-electron chi connectivity index (χ2n) is 6.05. The highest BCUT2D eigenvalue weighted by molar-refractivity contribution is 9.10. The molecule has 0 saturated carbocycles. The van der Waals surface area contributed by atoms with Gasteiger partial charge in [0.1, 0.15) is 5.82 Å². The van der Waals surface area contributed by atoms with Crippen LogP contribution in [-0.2, 0) is 21.2 Å².